The summed E-state index contributed by atoms with van der Waals surface area (Å²) in [6, 6.07) is 8.27. The topological polar surface area (TPSA) is 160 Å². The smallest absolute Gasteiger partial charge is 0.338 e. The van der Waals surface area contributed by atoms with Gasteiger partial charge in [-0.2, -0.15) is 0 Å². The van der Waals surface area contributed by atoms with Crippen LogP contribution in [-0.2, 0) is 23.8 Å². The Balaban J connectivity index is 1.68. The van der Waals surface area contributed by atoms with Gasteiger partial charge in [0.1, 0.15) is 23.9 Å². The van der Waals surface area contributed by atoms with E-state index in [-0.39, 0.29) is 30.1 Å². The Kier molecular flexibility index (Phi) is 8.33. The number of ether oxygens (including phenoxy) is 3. The number of carbonyl (C=O) groups excluding carboxylic acids is 3. The molecule has 0 amide bonds. The number of ketones is 1. The maximum atomic E-state index is 14.7. The van der Waals surface area contributed by atoms with Crippen LogP contribution < -0.4 is 0 Å². The molecule has 3 saturated carbocycles. The lowest BCUT2D eigenvalue weighted by atomic mass is 9.42. The van der Waals surface area contributed by atoms with Crippen molar-refractivity contribution in [3.05, 3.63) is 47.0 Å². The van der Waals surface area contributed by atoms with E-state index in [4.69, 9.17) is 14.2 Å². The normalized spacial score (nSPS) is 42.4. The number of rotatable bonds is 4. The number of aliphatic hydroxyl groups is 4. The van der Waals surface area contributed by atoms with Crippen molar-refractivity contribution in [3.8, 4) is 0 Å². The summed E-state index contributed by atoms with van der Waals surface area (Å²) in [4.78, 5) is 41.6. The molecule has 1 heterocycles. The molecule has 1 aromatic rings. The van der Waals surface area contributed by atoms with Crippen LogP contribution in [-0.4, -0.2) is 86.5 Å². The van der Waals surface area contributed by atoms with Crippen molar-refractivity contribution in [2.45, 2.75) is 121 Å². The second-order valence-electron chi connectivity index (χ2n) is 15.1. The van der Waals surface area contributed by atoms with E-state index in [0.29, 0.717) is 5.57 Å². The molecular weight excluding hydrogens is 592 g/mol. The molecule has 0 aromatic heterocycles. The van der Waals surface area contributed by atoms with Crippen molar-refractivity contribution in [3.63, 3.8) is 0 Å². The van der Waals surface area contributed by atoms with Crippen LogP contribution in [0.1, 0.15) is 89.9 Å². The summed E-state index contributed by atoms with van der Waals surface area (Å²) >= 11 is 0. The van der Waals surface area contributed by atoms with Crippen LogP contribution in [0.3, 0.4) is 0 Å². The lowest BCUT2D eigenvalue weighted by molar-refractivity contribution is -0.351. The largest absolute Gasteiger partial charge is 0.455 e. The van der Waals surface area contributed by atoms with Gasteiger partial charge in [-0.1, -0.05) is 57.7 Å². The molecule has 0 spiro atoms. The predicted octanol–water partition coefficient (Wildman–Crippen LogP) is 3.28. The fourth-order valence-corrected chi connectivity index (χ4v) is 10.2. The molecule has 46 heavy (non-hydrogen) atoms. The van der Waals surface area contributed by atoms with E-state index in [1.165, 1.54) is 13.8 Å². The van der Waals surface area contributed by atoms with Crippen LogP contribution in [0.15, 0.2) is 41.5 Å². The van der Waals surface area contributed by atoms with E-state index in [1.54, 1.807) is 51.1 Å². The molecule has 4 aliphatic carbocycles. The van der Waals surface area contributed by atoms with E-state index < -0.39 is 82.1 Å². The second-order valence-corrected chi connectivity index (χ2v) is 15.1. The van der Waals surface area contributed by atoms with Crippen molar-refractivity contribution < 1.29 is 49.0 Å². The zero-order valence-corrected chi connectivity index (χ0v) is 27.4. The van der Waals surface area contributed by atoms with Crippen LogP contribution in [0.2, 0.25) is 0 Å². The Morgan fingerprint density at radius 3 is 2.17 bits per heavy atom. The second kappa shape index (κ2) is 11.5. The molecule has 1 aliphatic heterocycles. The molecule has 10 nitrogen and oxygen atoms in total. The summed E-state index contributed by atoms with van der Waals surface area (Å²) in [5.41, 5.74) is -6.21. The zero-order valence-electron chi connectivity index (χ0n) is 27.4. The van der Waals surface area contributed by atoms with Gasteiger partial charge in [0.25, 0.3) is 0 Å². The highest BCUT2D eigenvalue weighted by Gasteiger charge is 2.79. The van der Waals surface area contributed by atoms with E-state index in [1.807, 2.05) is 0 Å². The van der Waals surface area contributed by atoms with Gasteiger partial charge in [0.15, 0.2) is 11.4 Å². The van der Waals surface area contributed by atoms with E-state index in [0.717, 1.165) is 38.5 Å². The van der Waals surface area contributed by atoms with E-state index >= 15 is 0 Å². The highest BCUT2D eigenvalue weighted by molar-refractivity contribution is 5.94. The SMILES string of the molecule is CC(=O)O[C@@]12CO[C@@H]1C[C@H](O)[C@@]1(C)C(=O)[C@H](O)C3=C(C)[C@@H](O)C(C4CCCCCC4)[C@@](O)([C@@H](OC(=O)c4ccccc4)[C@H]21)C3(C)C. The number of hydrogen-bond acceptors (Lipinski definition) is 10. The number of aliphatic hydroxyl groups excluding tert-OH is 3. The Labute approximate surface area is 270 Å². The third-order valence-corrected chi connectivity index (χ3v) is 12.5. The van der Waals surface area contributed by atoms with Crippen molar-refractivity contribution in [2.24, 2.45) is 28.6 Å². The maximum Gasteiger partial charge on any atom is 0.338 e. The minimum absolute atomic E-state index is 0.0768. The summed E-state index contributed by atoms with van der Waals surface area (Å²) in [5.74, 6) is -4.61. The molecule has 10 heteroatoms. The minimum atomic E-state index is -2.10. The van der Waals surface area contributed by atoms with Crippen molar-refractivity contribution in [2.75, 3.05) is 6.61 Å². The van der Waals surface area contributed by atoms with Gasteiger partial charge in [-0.25, -0.2) is 4.79 Å². The zero-order chi connectivity index (χ0) is 33.4. The number of hydrogen-bond donors (Lipinski definition) is 4. The Bertz CT molecular complexity index is 1410. The molecule has 2 bridgehead atoms. The standard InChI is InChI=1S/C36H48O10/c1-19-25-28(40)30(41)34(5)23(38)17-24-35(18-44-24,46-20(2)37)29(34)31(45-32(42)22-15-11-8-12-16-22)36(43,33(25,3)4)26(27(19)39)21-13-9-6-7-10-14-21/h8,11-12,15-16,21,23-24,26-29,31,38-40,43H,6-7,9-10,13-14,17-18H2,1-5H3/t23-,24+,26?,27+,28+,29-,31-,34+,35-,36+/m0/s1. The molecule has 1 aromatic carbocycles. The molecule has 4 fully saturated rings. The van der Waals surface area contributed by atoms with Crippen molar-refractivity contribution in [1.29, 1.82) is 0 Å². The van der Waals surface area contributed by atoms with Crippen LogP contribution in [0.25, 0.3) is 0 Å². The van der Waals surface area contributed by atoms with Gasteiger partial charge in [-0.3, -0.25) is 9.59 Å². The molecular formula is C36H48O10. The van der Waals surface area contributed by atoms with Crippen molar-refractivity contribution in [1.82, 2.24) is 0 Å². The fourth-order valence-electron chi connectivity index (χ4n) is 10.2. The van der Waals surface area contributed by atoms with Crippen LogP contribution >= 0.6 is 0 Å². The molecule has 252 valence electrons. The van der Waals surface area contributed by atoms with Gasteiger partial charge < -0.3 is 34.6 Å². The van der Waals surface area contributed by atoms with Gasteiger partial charge in [-0.05, 0) is 55.9 Å². The highest BCUT2D eigenvalue weighted by Crippen LogP contribution is 2.66. The average molecular weight is 641 g/mol. The lowest BCUT2D eigenvalue weighted by Gasteiger charge is -2.69. The molecule has 6 rings (SSSR count). The van der Waals surface area contributed by atoms with Crippen LogP contribution in [0.4, 0.5) is 0 Å². The number of benzene rings is 1. The van der Waals surface area contributed by atoms with Gasteiger partial charge in [0, 0.05) is 24.7 Å². The summed E-state index contributed by atoms with van der Waals surface area (Å²) in [7, 11) is 0. The third kappa shape index (κ3) is 4.50. The molecule has 1 saturated heterocycles. The number of fused-ring (bicyclic) bond motifs is 5. The number of esters is 2. The van der Waals surface area contributed by atoms with Gasteiger partial charge >= 0.3 is 11.9 Å². The molecule has 5 aliphatic rings. The monoisotopic (exact) mass is 640 g/mol. The highest BCUT2D eigenvalue weighted by atomic mass is 16.6. The summed E-state index contributed by atoms with van der Waals surface area (Å²) in [5, 5.41) is 49.7. The summed E-state index contributed by atoms with van der Waals surface area (Å²) < 4.78 is 18.4. The molecule has 1 unspecified atom stereocenters. The van der Waals surface area contributed by atoms with E-state index in [9.17, 15) is 34.8 Å². The van der Waals surface area contributed by atoms with Gasteiger partial charge in [-0.15, -0.1) is 0 Å². The van der Waals surface area contributed by atoms with Crippen LogP contribution in [0, 0.1) is 28.6 Å². The number of carbonyl (C=O) groups is 3. The van der Waals surface area contributed by atoms with E-state index in [2.05, 4.69) is 0 Å². The Morgan fingerprint density at radius 2 is 1.61 bits per heavy atom. The predicted molar refractivity (Wildman–Crippen MR) is 165 cm³/mol. The molecule has 4 N–H and O–H groups in total. The van der Waals surface area contributed by atoms with Crippen molar-refractivity contribution >= 4 is 17.7 Å². The first-order chi connectivity index (χ1) is 21.6. The summed E-state index contributed by atoms with van der Waals surface area (Å²) in [6.45, 7) is 7.69. The molecule has 0 radical (unpaired) electrons. The van der Waals surface area contributed by atoms with Crippen LogP contribution in [0.5, 0.6) is 0 Å². The minimum Gasteiger partial charge on any atom is -0.455 e. The van der Waals surface area contributed by atoms with Gasteiger partial charge in [0.2, 0.25) is 0 Å². The fraction of sp³-hybridized carbons (Fsp3) is 0.694. The Hall–Kier alpha value is -2.63. The first kappa shape index (κ1) is 33.3. The Morgan fingerprint density at radius 1 is 0.978 bits per heavy atom. The third-order valence-electron chi connectivity index (χ3n) is 12.5. The van der Waals surface area contributed by atoms with Gasteiger partial charge in [0.05, 0.1) is 35.7 Å². The maximum absolute atomic E-state index is 14.7. The summed E-state index contributed by atoms with van der Waals surface area (Å²) in [6.07, 6.45) is -1.74. The first-order valence-electron chi connectivity index (χ1n) is 16.7. The lowest BCUT2D eigenvalue weighted by Crippen LogP contribution is -2.83. The quantitative estimate of drug-likeness (QED) is 0.219. The number of Topliss-reactive ketones (excluding diaryl/α,β-unsaturated/α-hetero) is 1. The molecule has 10 atom stereocenters. The first-order valence-corrected chi connectivity index (χ1v) is 16.7. The average Bonchev–Trinajstić information content (AvgIpc) is 3.29.